The van der Waals surface area contributed by atoms with Crippen LogP contribution in [0.3, 0.4) is 0 Å². The number of carbonyl (C=O) groups is 1. The molecule has 2 aromatic carbocycles. The van der Waals surface area contributed by atoms with Crippen LogP contribution in [0, 0.1) is 5.82 Å². The van der Waals surface area contributed by atoms with Crippen LogP contribution in [0.5, 0.6) is 0 Å². The third-order valence-electron chi connectivity index (χ3n) is 4.28. The summed E-state index contributed by atoms with van der Waals surface area (Å²) < 4.78 is 13.1. The lowest BCUT2D eigenvalue weighted by Crippen LogP contribution is -2.44. The first kappa shape index (κ1) is 16.0. The Kier molecular flexibility index (Phi) is 4.64. The first-order valence-corrected chi connectivity index (χ1v) is 7.99. The van der Waals surface area contributed by atoms with Crippen molar-refractivity contribution in [2.24, 2.45) is 0 Å². The Morgan fingerprint density at radius 3 is 2.74 bits per heavy atom. The number of nitrogens with zero attached hydrogens (tertiary/aromatic N) is 1. The van der Waals surface area contributed by atoms with Gasteiger partial charge in [0.2, 0.25) is 5.91 Å². The van der Waals surface area contributed by atoms with Crippen LogP contribution in [0.25, 0.3) is 0 Å². The molecule has 3 rings (SSSR count). The lowest BCUT2D eigenvalue weighted by molar-refractivity contribution is -0.121. The lowest BCUT2D eigenvalue weighted by atomic mass is 9.99. The fourth-order valence-electron chi connectivity index (χ4n) is 2.84. The molecule has 1 N–H and O–H groups in total. The summed E-state index contributed by atoms with van der Waals surface area (Å²) in [6.07, 6.45) is 0.936. The normalized spacial score (nSPS) is 15.8. The van der Waals surface area contributed by atoms with Gasteiger partial charge in [0, 0.05) is 13.1 Å². The van der Waals surface area contributed by atoms with E-state index in [4.69, 9.17) is 11.6 Å². The second-order valence-electron chi connectivity index (χ2n) is 5.78. The number of carbonyl (C=O) groups excluding carboxylic acids is 1. The topological polar surface area (TPSA) is 32.3 Å². The van der Waals surface area contributed by atoms with Crippen LogP contribution in [-0.4, -0.2) is 23.4 Å². The van der Waals surface area contributed by atoms with E-state index in [-0.39, 0.29) is 17.0 Å². The van der Waals surface area contributed by atoms with Gasteiger partial charge in [0.05, 0.1) is 16.8 Å². The van der Waals surface area contributed by atoms with Gasteiger partial charge >= 0.3 is 0 Å². The number of hydrogen-bond acceptors (Lipinski definition) is 2. The molecule has 0 aliphatic carbocycles. The maximum Gasteiger partial charge on any atom is 0.241 e. The van der Waals surface area contributed by atoms with Crippen molar-refractivity contribution in [2.45, 2.75) is 25.9 Å². The largest absolute Gasteiger partial charge is 0.323 e. The molecule has 120 valence electrons. The monoisotopic (exact) mass is 332 g/mol. The Morgan fingerprint density at radius 1 is 1.26 bits per heavy atom. The first-order chi connectivity index (χ1) is 11.0. The van der Waals surface area contributed by atoms with Crippen molar-refractivity contribution >= 4 is 23.2 Å². The Morgan fingerprint density at radius 2 is 2.00 bits per heavy atom. The van der Waals surface area contributed by atoms with Crippen LogP contribution in [0.1, 0.15) is 18.1 Å². The van der Waals surface area contributed by atoms with E-state index in [1.54, 1.807) is 0 Å². The summed E-state index contributed by atoms with van der Waals surface area (Å²) in [5.74, 6) is -0.563. The molecule has 0 bridgehead atoms. The van der Waals surface area contributed by atoms with Gasteiger partial charge in [-0.15, -0.1) is 0 Å². The van der Waals surface area contributed by atoms with Crippen molar-refractivity contribution in [2.75, 3.05) is 11.9 Å². The number of anilines is 1. The van der Waals surface area contributed by atoms with E-state index in [1.165, 1.54) is 29.3 Å². The van der Waals surface area contributed by atoms with Gasteiger partial charge in [-0.05, 0) is 42.7 Å². The van der Waals surface area contributed by atoms with E-state index < -0.39 is 5.82 Å². The van der Waals surface area contributed by atoms with E-state index >= 15 is 0 Å². The second kappa shape index (κ2) is 6.69. The van der Waals surface area contributed by atoms with Crippen molar-refractivity contribution in [1.82, 2.24) is 4.90 Å². The molecule has 1 aliphatic rings. The van der Waals surface area contributed by atoms with Crippen molar-refractivity contribution in [1.29, 1.82) is 0 Å². The van der Waals surface area contributed by atoms with Gasteiger partial charge in [0.15, 0.2) is 0 Å². The van der Waals surface area contributed by atoms with Crippen molar-refractivity contribution in [3.63, 3.8) is 0 Å². The summed E-state index contributed by atoms with van der Waals surface area (Å²) in [5.41, 5.74) is 3.04. The predicted octanol–water partition coefficient (Wildman–Crippen LogP) is 3.86. The molecule has 0 fully saturated rings. The molecular formula is C18H18ClFN2O. The number of rotatable bonds is 3. The fourth-order valence-corrected chi connectivity index (χ4v) is 3.06. The molecule has 3 nitrogen and oxygen atoms in total. The van der Waals surface area contributed by atoms with Crippen LogP contribution >= 0.6 is 11.6 Å². The SMILES string of the molecule is CC(C(=O)Nc1ccc(F)cc1Cl)N1CCc2ccccc2C1. The Bertz CT molecular complexity index is 735. The molecule has 1 aliphatic heterocycles. The van der Waals surface area contributed by atoms with Gasteiger partial charge in [-0.25, -0.2) is 4.39 Å². The minimum Gasteiger partial charge on any atom is -0.323 e. The summed E-state index contributed by atoms with van der Waals surface area (Å²) >= 11 is 5.96. The van der Waals surface area contributed by atoms with E-state index in [0.29, 0.717) is 5.69 Å². The molecule has 0 saturated heterocycles. The zero-order valence-corrected chi connectivity index (χ0v) is 13.6. The van der Waals surface area contributed by atoms with Gasteiger partial charge < -0.3 is 5.32 Å². The molecule has 0 aromatic heterocycles. The maximum atomic E-state index is 13.1. The molecule has 0 spiro atoms. The smallest absolute Gasteiger partial charge is 0.241 e. The highest BCUT2D eigenvalue weighted by Gasteiger charge is 2.25. The van der Waals surface area contributed by atoms with Gasteiger partial charge in [0.1, 0.15) is 5.82 Å². The standard InChI is InChI=1S/C18H18ClFN2O/c1-12(18(23)21-17-7-6-15(20)10-16(17)19)22-9-8-13-4-2-3-5-14(13)11-22/h2-7,10,12H,8-9,11H2,1H3,(H,21,23). The van der Waals surface area contributed by atoms with Gasteiger partial charge in [0.25, 0.3) is 0 Å². The number of fused-ring (bicyclic) bond motifs is 1. The fraction of sp³-hybridized carbons (Fsp3) is 0.278. The molecule has 1 unspecified atom stereocenters. The Labute approximate surface area is 140 Å². The molecule has 5 heteroatoms. The quantitative estimate of drug-likeness (QED) is 0.925. The molecule has 1 amide bonds. The number of nitrogens with one attached hydrogen (secondary N) is 1. The highest BCUT2D eigenvalue weighted by Crippen LogP contribution is 2.24. The average molecular weight is 333 g/mol. The molecule has 0 saturated carbocycles. The molecule has 1 atom stereocenters. The number of hydrogen-bond donors (Lipinski definition) is 1. The molecule has 0 radical (unpaired) electrons. The Balaban J connectivity index is 1.68. The average Bonchev–Trinajstić information content (AvgIpc) is 2.56. The minimum atomic E-state index is -0.423. The predicted molar refractivity (Wildman–Crippen MR) is 90.1 cm³/mol. The summed E-state index contributed by atoms with van der Waals surface area (Å²) in [4.78, 5) is 14.6. The number of amides is 1. The zero-order chi connectivity index (χ0) is 16.4. The van der Waals surface area contributed by atoms with Crippen molar-refractivity contribution in [3.05, 3.63) is 64.4 Å². The van der Waals surface area contributed by atoms with Crippen LogP contribution in [0.15, 0.2) is 42.5 Å². The number of halogens is 2. The molecule has 23 heavy (non-hydrogen) atoms. The van der Waals surface area contributed by atoms with Crippen molar-refractivity contribution < 1.29 is 9.18 Å². The molecule has 1 heterocycles. The first-order valence-electron chi connectivity index (χ1n) is 7.61. The summed E-state index contributed by atoms with van der Waals surface area (Å²) in [6, 6.07) is 12.0. The third kappa shape index (κ3) is 3.54. The maximum absolute atomic E-state index is 13.1. The summed E-state index contributed by atoms with van der Waals surface area (Å²) in [6.45, 7) is 3.46. The van der Waals surface area contributed by atoms with E-state index in [9.17, 15) is 9.18 Å². The van der Waals surface area contributed by atoms with Gasteiger partial charge in [-0.3, -0.25) is 9.69 Å². The molecule has 2 aromatic rings. The van der Waals surface area contributed by atoms with Crippen LogP contribution in [0.2, 0.25) is 5.02 Å². The van der Waals surface area contributed by atoms with Crippen molar-refractivity contribution in [3.8, 4) is 0 Å². The highest BCUT2D eigenvalue weighted by atomic mass is 35.5. The highest BCUT2D eigenvalue weighted by molar-refractivity contribution is 6.33. The summed E-state index contributed by atoms with van der Waals surface area (Å²) in [7, 11) is 0. The number of benzene rings is 2. The second-order valence-corrected chi connectivity index (χ2v) is 6.19. The van der Waals surface area contributed by atoms with Crippen LogP contribution in [0.4, 0.5) is 10.1 Å². The lowest BCUT2D eigenvalue weighted by Gasteiger charge is -2.32. The van der Waals surface area contributed by atoms with Gasteiger partial charge in [-0.1, -0.05) is 35.9 Å². The minimum absolute atomic E-state index is 0.141. The molecular weight excluding hydrogens is 315 g/mol. The summed E-state index contributed by atoms with van der Waals surface area (Å²) in [5, 5.41) is 2.98. The van der Waals surface area contributed by atoms with Gasteiger partial charge in [-0.2, -0.15) is 0 Å². The van der Waals surface area contributed by atoms with Crippen LogP contribution < -0.4 is 5.32 Å². The third-order valence-corrected chi connectivity index (χ3v) is 4.59. The van der Waals surface area contributed by atoms with E-state index in [2.05, 4.69) is 22.3 Å². The Hall–Kier alpha value is -1.91. The zero-order valence-electron chi connectivity index (χ0n) is 12.9. The van der Waals surface area contributed by atoms with E-state index in [1.807, 2.05) is 19.1 Å². The van der Waals surface area contributed by atoms with Crippen LogP contribution in [-0.2, 0) is 17.8 Å². The van der Waals surface area contributed by atoms with E-state index in [0.717, 1.165) is 19.5 Å².